The SMILES string of the molecule is CN(/N=C/c1cc[n+](C)cc1)c1cc2c3c(c1)CCCN3CCC2. The predicted molar refractivity (Wildman–Crippen MR) is 98.9 cm³/mol. The second kappa shape index (κ2) is 6.27. The largest absolute Gasteiger partial charge is 0.371 e. The van der Waals surface area contributed by atoms with Crippen molar-refractivity contribution >= 4 is 17.6 Å². The van der Waals surface area contributed by atoms with Crippen LogP contribution in [0.2, 0.25) is 0 Å². The lowest BCUT2D eigenvalue weighted by Gasteiger charge is -2.37. The van der Waals surface area contributed by atoms with Crippen molar-refractivity contribution in [2.24, 2.45) is 12.1 Å². The normalized spacial score (nSPS) is 16.3. The van der Waals surface area contributed by atoms with Gasteiger partial charge in [0.15, 0.2) is 12.4 Å². The van der Waals surface area contributed by atoms with Gasteiger partial charge in [-0.05, 0) is 48.9 Å². The lowest BCUT2D eigenvalue weighted by molar-refractivity contribution is -0.671. The third-order valence-corrected chi connectivity index (χ3v) is 5.08. The van der Waals surface area contributed by atoms with Crippen molar-refractivity contribution in [3.05, 3.63) is 53.3 Å². The molecule has 0 aliphatic carbocycles. The van der Waals surface area contributed by atoms with E-state index in [0.717, 1.165) is 5.56 Å². The van der Waals surface area contributed by atoms with Gasteiger partial charge >= 0.3 is 0 Å². The molecule has 2 aliphatic rings. The molecule has 4 heteroatoms. The highest BCUT2D eigenvalue weighted by Gasteiger charge is 2.24. The molecule has 0 saturated heterocycles. The first kappa shape index (κ1) is 15.2. The third kappa shape index (κ3) is 2.88. The standard InChI is InChI=1S/C20H25N4/c1-22-11-7-16(8-12-22)15-21-23(2)19-13-17-5-3-9-24-10-4-6-18(14-19)20(17)24/h7-8,11-15H,3-6,9-10H2,1-2H3/q+1. The summed E-state index contributed by atoms with van der Waals surface area (Å²) in [6.07, 6.45) is 10.9. The monoisotopic (exact) mass is 321 g/mol. The van der Waals surface area contributed by atoms with E-state index in [2.05, 4.69) is 34.3 Å². The molecule has 0 unspecified atom stereocenters. The fraction of sp³-hybridized carbons (Fsp3) is 0.400. The first-order chi connectivity index (χ1) is 11.7. The molecular weight excluding hydrogens is 296 g/mol. The van der Waals surface area contributed by atoms with Crippen LogP contribution in [0.3, 0.4) is 0 Å². The minimum Gasteiger partial charge on any atom is -0.371 e. The first-order valence-corrected chi connectivity index (χ1v) is 8.84. The Balaban J connectivity index is 1.61. The molecule has 0 atom stereocenters. The summed E-state index contributed by atoms with van der Waals surface area (Å²) < 4.78 is 2.03. The average Bonchev–Trinajstić information content (AvgIpc) is 2.61. The summed E-state index contributed by atoms with van der Waals surface area (Å²) in [6, 6.07) is 8.81. The Hall–Kier alpha value is -2.36. The van der Waals surface area contributed by atoms with Crippen molar-refractivity contribution in [2.45, 2.75) is 25.7 Å². The summed E-state index contributed by atoms with van der Waals surface area (Å²) in [4.78, 5) is 2.58. The summed E-state index contributed by atoms with van der Waals surface area (Å²) in [5.41, 5.74) is 6.84. The second-order valence-electron chi connectivity index (χ2n) is 6.87. The van der Waals surface area contributed by atoms with Crippen LogP contribution in [-0.4, -0.2) is 26.4 Å². The van der Waals surface area contributed by atoms with E-state index < -0.39 is 0 Å². The molecule has 0 saturated carbocycles. The molecule has 0 radical (unpaired) electrons. The van der Waals surface area contributed by atoms with Gasteiger partial charge in [0.05, 0.1) is 11.9 Å². The second-order valence-corrected chi connectivity index (χ2v) is 6.87. The number of hydrogen-bond donors (Lipinski definition) is 0. The molecule has 1 aromatic carbocycles. The van der Waals surface area contributed by atoms with E-state index in [1.165, 1.54) is 61.3 Å². The molecule has 0 N–H and O–H groups in total. The van der Waals surface area contributed by atoms with Crippen LogP contribution >= 0.6 is 0 Å². The topological polar surface area (TPSA) is 22.7 Å². The molecule has 4 nitrogen and oxygen atoms in total. The Labute approximate surface area is 144 Å². The molecule has 2 aliphatic heterocycles. The Morgan fingerprint density at radius 3 is 2.33 bits per heavy atom. The number of hydrogen-bond acceptors (Lipinski definition) is 3. The highest BCUT2D eigenvalue weighted by atomic mass is 15.4. The number of aryl methyl sites for hydroxylation is 3. The highest BCUT2D eigenvalue weighted by Crippen LogP contribution is 2.38. The van der Waals surface area contributed by atoms with Gasteiger partial charge in [-0.1, -0.05) is 0 Å². The van der Waals surface area contributed by atoms with Gasteiger partial charge in [-0.2, -0.15) is 5.10 Å². The molecule has 2 aromatic rings. The third-order valence-electron chi connectivity index (χ3n) is 5.08. The lowest BCUT2D eigenvalue weighted by atomic mass is 9.91. The van der Waals surface area contributed by atoms with Crippen molar-refractivity contribution < 1.29 is 4.57 Å². The van der Waals surface area contributed by atoms with Gasteiger partial charge in [0.1, 0.15) is 7.05 Å². The number of nitrogens with zero attached hydrogens (tertiary/aromatic N) is 4. The quantitative estimate of drug-likeness (QED) is 0.493. The van der Waals surface area contributed by atoms with Crippen LogP contribution in [-0.2, 0) is 19.9 Å². The molecule has 0 fully saturated rings. The van der Waals surface area contributed by atoms with Crippen molar-refractivity contribution in [1.82, 2.24) is 0 Å². The molecule has 3 heterocycles. The fourth-order valence-electron chi connectivity index (χ4n) is 3.79. The van der Waals surface area contributed by atoms with Crippen molar-refractivity contribution in [3.63, 3.8) is 0 Å². The maximum atomic E-state index is 4.64. The summed E-state index contributed by atoms with van der Waals surface area (Å²) >= 11 is 0. The average molecular weight is 321 g/mol. The summed E-state index contributed by atoms with van der Waals surface area (Å²) in [7, 11) is 4.06. The fourth-order valence-corrected chi connectivity index (χ4v) is 3.79. The molecule has 124 valence electrons. The Bertz CT molecular complexity index is 733. The molecule has 0 spiro atoms. The van der Waals surface area contributed by atoms with Crippen LogP contribution in [0, 0.1) is 0 Å². The van der Waals surface area contributed by atoms with E-state index in [9.17, 15) is 0 Å². The van der Waals surface area contributed by atoms with Crippen LogP contribution in [0.5, 0.6) is 0 Å². The summed E-state index contributed by atoms with van der Waals surface area (Å²) in [6.45, 7) is 2.44. The summed E-state index contributed by atoms with van der Waals surface area (Å²) in [5, 5.41) is 6.64. The van der Waals surface area contributed by atoms with Gasteiger partial charge in [0.25, 0.3) is 0 Å². The number of pyridine rings is 1. The number of benzene rings is 1. The van der Waals surface area contributed by atoms with E-state index in [4.69, 9.17) is 0 Å². The predicted octanol–water partition coefficient (Wildman–Crippen LogP) is 2.68. The molecule has 24 heavy (non-hydrogen) atoms. The highest BCUT2D eigenvalue weighted by molar-refractivity contribution is 5.80. The molecule has 1 aromatic heterocycles. The summed E-state index contributed by atoms with van der Waals surface area (Å²) in [5.74, 6) is 0. The zero-order valence-electron chi connectivity index (χ0n) is 14.6. The van der Waals surface area contributed by atoms with E-state index in [-0.39, 0.29) is 0 Å². The maximum absolute atomic E-state index is 4.64. The van der Waals surface area contributed by atoms with Crippen molar-refractivity contribution in [3.8, 4) is 0 Å². The maximum Gasteiger partial charge on any atom is 0.169 e. The Kier molecular flexibility index (Phi) is 3.97. The van der Waals surface area contributed by atoms with E-state index >= 15 is 0 Å². The van der Waals surface area contributed by atoms with Crippen molar-refractivity contribution in [1.29, 1.82) is 0 Å². The van der Waals surface area contributed by atoms with Gasteiger partial charge in [-0.15, -0.1) is 0 Å². The molecular formula is C20H25N4+. The van der Waals surface area contributed by atoms with E-state index in [1.807, 2.05) is 42.3 Å². The molecule has 0 bridgehead atoms. The molecule has 0 amide bonds. The van der Waals surface area contributed by atoms with Crippen LogP contribution in [0.25, 0.3) is 0 Å². The van der Waals surface area contributed by atoms with Crippen LogP contribution in [0.1, 0.15) is 29.5 Å². The Morgan fingerprint density at radius 2 is 1.71 bits per heavy atom. The van der Waals surface area contributed by atoms with Gasteiger partial charge in [0.2, 0.25) is 0 Å². The smallest absolute Gasteiger partial charge is 0.169 e. The zero-order valence-corrected chi connectivity index (χ0v) is 14.6. The van der Waals surface area contributed by atoms with E-state index in [0.29, 0.717) is 0 Å². The van der Waals surface area contributed by atoms with Gasteiger partial charge in [-0.3, -0.25) is 5.01 Å². The number of hydrazone groups is 1. The van der Waals surface area contributed by atoms with E-state index in [1.54, 1.807) is 0 Å². The van der Waals surface area contributed by atoms with Gasteiger partial charge in [0, 0.05) is 43.5 Å². The minimum atomic E-state index is 1.12. The van der Waals surface area contributed by atoms with Crippen molar-refractivity contribution in [2.75, 3.05) is 30.0 Å². The van der Waals surface area contributed by atoms with Gasteiger partial charge in [-0.25, -0.2) is 4.57 Å². The van der Waals surface area contributed by atoms with Gasteiger partial charge < -0.3 is 4.90 Å². The number of rotatable bonds is 3. The zero-order chi connectivity index (χ0) is 16.5. The lowest BCUT2D eigenvalue weighted by Crippen LogP contribution is -2.34. The number of aromatic nitrogens is 1. The Morgan fingerprint density at radius 1 is 1.08 bits per heavy atom. The number of anilines is 2. The van der Waals surface area contributed by atoms with Crippen LogP contribution in [0.15, 0.2) is 41.8 Å². The van der Waals surface area contributed by atoms with Crippen LogP contribution in [0.4, 0.5) is 11.4 Å². The first-order valence-electron chi connectivity index (χ1n) is 8.84. The van der Waals surface area contributed by atoms with Crippen LogP contribution < -0.4 is 14.5 Å². The molecule has 4 rings (SSSR count). The minimum absolute atomic E-state index is 1.12.